The first-order chi connectivity index (χ1) is 11.6. The zero-order chi connectivity index (χ0) is 17.4. The molecular formula is C19H25N3O2. The fraction of sp³-hybridized carbons (Fsp3) is 0.368. The van der Waals surface area contributed by atoms with Gasteiger partial charge in [0, 0.05) is 19.3 Å². The number of hydrogen-bond acceptors (Lipinski definition) is 4. The molecule has 1 aromatic heterocycles. The molecule has 0 fully saturated rings. The third-order valence-corrected chi connectivity index (χ3v) is 3.67. The Labute approximate surface area is 143 Å². The first-order valence-corrected chi connectivity index (χ1v) is 8.19. The van der Waals surface area contributed by atoms with Gasteiger partial charge in [0.1, 0.15) is 11.6 Å². The summed E-state index contributed by atoms with van der Waals surface area (Å²) in [6.07, 6.45) is 2.57. The van der Waals surface area contributed by atoms with Crippen molar-refractivity contribution in [2.24, 2.45) is 5.92 Å². The van der Waals surface area contributed by atoms with Crippen LogP contribution in [0.1, 0.15) is 36.2 Å². The number of hydrogen-bond donors (Lipinski definition) is 2. The second kappa shape index (κ2) is 8.91. The lowest BCUT2D eigenvalue weighted by Gasteiger charge is -2.09. The quantitative estimate of drug-likeness (QED) is 0.779. The maximum Gasteiger partial charge on any atom is 0.252 e. The van der Waals surface area contributed by atoms with Crippen LogP contribution in [0.2, 0.25) is 0 Å². The first-order valence-electron chi connectivity index (χ1n) is 8.19. The molecule has 24 heavy (non-hydrogen) atoms. The smallest absolute Gasteiger partial charge is 0.252 e. The molecule has 2 aromatic rings. The van der Waals surface area contributed by atoms with Gasteiger partial charge in [-0.05, 0) is 42.2 Å². The maximum atomic E-state index is 12.0. The Kier molecular flexibility index (Phi) is 6.61. The molecule has 5 nitrogen and oxygen atoms in total. The summed E-state index contributed by atoms with van der Waals surface area (Å²) < 4.78 is 5.14. The van der Waals surface area contributed by atoms with E-state index in [1.807, 2.05) is 30.3 Å². The molecule has 0 aliphatic carbocycles. The van der Waals surface area contributed by atoms with E-state index < -0.39 is 0 Å². The molecule has 5 heteroatoms. The summed E-state index contributed by atoms with van der Waals surface area (Å²) >= 11 is 0. The van der Waals surface area contributed by atoms with Gasteiger partial charge in [-0.3, -0.25) is 4.79 Å². The highest BCUT2D eigenvalue weighted by atomic mass is 16.5. The lowest BCUT2D eigenvalue weighted by molar-refractivity contribution is 0.0951. The van der Waals surface area contributed by atoms with Gasteiger partial charge >= 0.3 is 0 Å². The molecule has 0 bridgehead atoms. The Bertz CT molecular complexity index is 637. The maximum absolute atomic E-state index is 12.0. The van der Waals surface area contributed by atoms with E-state index in [0.29, 0.717) is 24.6 Å². The van der Waals surface area contributed by atoms with Gasteiger partial charge in [-0.15, -0.1) is 0 Å². The highest BCUT2D eigenvalue weighted by Crippen LogP contribution is 2.13. The van der Waals surface area contributed by atoms with E-state index >= 15 is 0 Å². The van der Waals surface area contributed by atoms with Crippen molar-refractivity contribution < 1.29 is 9.53 Å². The third kappa shape index (κ3) is 5.57. The molecule has 1 heterocycles. The van der Waals surface area contributed by atoms with Crippen molar-refractivity contribution in [3.63, 3.8) is 0 Å². The van der Waals surface area contributed by atoms with Crippen LogP contribution in [0, 0.1) is 5.92 Å². The van der Waals surface area contributed by atoms with Crippen molar-refractivity contribution in [3.8, 4) is 5.75 Å². The van der Waals surface area contributed by atoms with Gasteiger partial charge in [-0.1, -0.05) is 26.0 Å². The van der Waals surface area contributed by atoms with Gasteiger partial charge in [0.05, 0.1) is 12.7 Å². The van der Waals surface area contributed by atoms with Crippen LogP contribution in [-0.2, 0) is 6.54 Å². The molecule has 0 aliphatic rings. The van der Waals surface area contributed by atoms with Crippen LogP contribution in [0.15, 0.2) is 42.6 Å². The number of nitrogens with one attached hydrogen (secondary N) is 2. The van der Waals surface area contributed by atoms with Crippen molar-refractivity contribution in [1.82, 2.24) is 10.3 Å². The van der Waals surface area contributed by atoms with Gasteiger partial charge in [-0.25, -0.2) is 4.98 Å². The summed E-state index contributed by atoms with van der Waals surface area (Å²) in [4.78, 5) is 16.3. The number of amides is 1. The van der Waals surface area contributed by atoms with E-state index in [0.717, 1.165) is 23.6 Å². The Balaban J connectivity index is 1.83. The molecule has 0 atom stereocenters. The van der Waals surface area contributed by atoms with Gasteiger partial charge < -0.3 is 15.4 Å². The van der Waals surface area contributed by atoms with E-state index in [1.165, 1.54) is 0 Å². The predicted molar refractivity (Wildman–Crippen MR) is 96.3 cm³/mol. The van der Waals surface area contributed by atoms with Crippen molar-refractivity contribution in [2.75, 3.05) is 19.0 Å². The third-order valence-electron chi connectivity index (χ3n) is 3.67. The summed E-state index contributed by atoms with van der Waals surface area (Å²) in [5, 5.41) is 6.15. The Morgan fingerprint density at radius 2 is 1.92 bits per heavy atom. The molecule has 0 radical (unpaired) electrons. The molecule has 0 saturated carbocycles. The summed E-state index contributed by atoms with van der Waals surface area (Å²) in [6, 6.07) is 11.5. The van der Waals surface area contributed by atoms with Crippen molar-refractivity contribution in [3.05, 3.63) is 53.7 Å². The number of carbonyl (C=O) groups excluding carboxylic acids is 1. The number of methoxy groups -OCH3 is 1. The number of pyridine rings is 1. The number of ether oxygens (including phenoxy) is 1. The zero-order valence-electron chi connectivity index (χ0n) is 14.5. The van der Waals surface area contributed by atoms with Crippen LogP contribution in [0.4, 0.5) is 5.82 Å². The molecule has 2 rings (SSSR count). The van der Waals surface area contributed by atoms with E-state index in [9.17, 15) is 4.79 Å². The minimum absolute atomic E-state index is 0.0788. The normalized spacial score (nSPS) is 10.5. The monoisotopic (exact) mass is 327 g/mol. The number of benzene rings is 1. The minimum atomic E-state index is -0.0788. The van der Waals surface area contributed by atoms with E-state index in [-0.39, 0.29) is 5.91 Å². The van der Waals surface area contributed by atoms with Crippen LogP contribution in [0.5, 0.6) is 5.75 Å². The van der Waals surface area contributed by atoms with Crippen LogP contribution < -0.4 is 15.4 Å². The second-order valence-electron chi connectivity index (χ2n) is 6.07. The van der Waals surface area contributed by atoms with Crippen LogP contribution >= 0.6 is 0 Å². The Hall–Kier alpha value is -2.56. The van der Waals surface area contributed by atoms with Gasteiger partial charge in [0.2, 0.25) is 0 Å². The molecule has 0 aliphatic heterocycles. The SMILES string of the molecule is COc1ccc(CNc2ccc(C(=O)NCCC(C)C)cn2)cc1. The molecule has 1 aromatic carbocycles. The summed E-state index contributed by atoms with van der Waals surface area (Å²) in [5.41, 5.74) is 1.71. The number of aromatic nitrogens is 1. The summed E-state index contributed by atoms with van der Waals surface area (Å²) in [7, 11) is 1.65. The molecular weight excluding hydrogens is 302 g/mol. The number of rotatable bonds is 8. The number of carbonyl (C=O) groups is 1. The molecule has 0 saturated heterocycles. The highest BCUT2D eigenvalue weighted by Gasteiger charge is 2.06. The Morgan fingerprint density at radius 1 is 1.17 bits per heavy atom. The average Bonchev–Trinajstić information content (AvgIpc) is 2.60. The minimum Gasteiger partial charge on any atom is -0.497 e. The topological polar surface area (TPSA) is 63.2 Å². The van der Waals surface area contributed by atoms with Gasteiger partial charge in [0.25, 0.3) is 5.91 Å². The average molecular weight is 327 g/mol. The molecule has 128 valence electrons. The van der Waals surface area contributed by atoms with Crippen LogP contribution in [0.3, 0.4) is 0 Å². The van der Waals surface area contributed by atoms with Crippen LogP contribution in [0.25, 0.3) is 0 Å². The molecule has 0 unspecified atom stereocenters. The number of nitrogens with zero attached hydrogens (tertiary/aromatic N) is 1. The molecule has 0 spiro atoms. The fourth-order valence-electron chi connectivity index (χ4n) is 2.15. The van der Waals surface area contributed by atoms with E-state index in [2.05, 4.69) is 29.5 Å². The summed E-state index contributed by atoms with van der Waals surface area (Å²) in [5.74, 6) is 2.08. The second-order valence-corrected chi connectivity index (χ2v) is 6.07. The Morgan fingerprint density at radius 3 is 2.50 bits per heavy atom. The summed E-state index contributed by atoms with van der Waals surface area (Å²) in [6.45, 7) is 5.62. The van der Waals surface area contributed by atoms with Crippen molar-refractivity contribution in [2.45, 2.75) is 26.8 Å². The van der Waals surface area contributed by atoms with E-state index in [1.54, 1.807) is 19.4 Å². The standard InChI is InChI=1S/C19H25N3O2/c1-14(2)10-11-20-19(23)16-6-9-18(22-13-16)21-12-15-4-7-17(24-3)8-5-15/h4-9,13-14H,10-12H2,1-3H3,(H,20,23)(H,21,22). The lowest BCUT2D eigenvalue weighted by atomic mass is 10.1. The zero-order valence-corrected chi connectivity index (χ0v) is 14.5. The van der Waals surface area contributed by atoms with Crippen molar-refractivity contribution >= 4 is 11.7 Å². The fourth-order valence-corrected chi connectivity index (χ4v) is 2.15. The molecule has 2 N–H and O–H groups in total. The lowest BCUT2D eigenvalue weighted by Crippen LogP contribution is -2.25. The largest absolute Gasteiger partial charge is 0.497 e. The predicted octanol–water partition coefficient (Wildman–Crippen LogP) is 3.48. The first kappa shape index (κ1) is 17.8. The highest BCUT2D eigenvalue weighted by molar-refractivity contribution is 5.94. The van der Waals surface area contributed by atoms with Gasteiger partial charge in [0.15, 0.2) is 0 Å². The van der Waals surface area contributed by atoms with Crippen LogP contribution in [-0.4, -0.2) is 24.5 Å². The molecule has 1 amide bonds. The van der Waals surface area contributed by atoms with Gasteiger partial charge in [-0.2, -0.15) is 0 Å². The number of anilines is 1. The van der Waals surface area contributed by atoms with Crippen molar-refractivity contribution in [1.29, 1.82) is 0 Å². The van der Waals surface area contributed by atoms with E-state index in [4.69, 9.17) is 4.74 Å².